The highest BCUT2D eigenvalue weighted by Gasteiger charge is 2.14. The predicted octanol–water partition coefficient (Wildman–Crippen LogP) is 3.68. The number of rotatable bonds is 9. The highest BCUT2D eigenvalue weighted by molar-refractivity contribution is 7.99. The minimum absolute atomic E-state index is 0.192. The summed E-state index contributed by atoms with van der Waals surface area (Å²) in [7, 11) is 0. The molecule has 0 aliphatic rings. The highest BCUT2D eigenvalue weighted by atomic mass is 32.2. The van der Waals surface area contributed by atoms with Gasteiger partial charge in [0, 0.05) is 18.2 Å². The fourth-order valence-electron chi connectivity index (χ4n) is 2.30. The Labute approximate surface area is 146 Å². The number of nitrogens with zero attached hydrogens (tertiary/aromatic N) is 3. The fraction of sp³-hybridized carbons (Fsp3) is 0.471. The van der Waals surface area contributed by atoms with Gasteiger partial charge in [-0.25, -0.2) is 4.79 Å². The Bertz CT molecular complexity index is 685. The third kappa shape index (κ3) is 4.50. The zero-order valence-electron chi connectivity index (χ0n) is 14.2. The van der Waals surface area contributed by atoms with Crippen LogP contribution >= 0.6 is 11.8 Å². The van der Waals surface area contributed by atoms with E-state index in [1.807, 2.05) is 0 Å². The summed E-state index contributed by atoms with van der Waals surface area (Å²) >= 11 is 1.65. The molecular formula is C17H23N3O3S. The SMILES string of the molecule is CCn1c(SCCCOc2ccccc2C(=O)O)nnc1C(C)C. The van der Waals surface area contributed by atoms with E-state index in [1.54, 1.807) is 36.0 Å². The molecule has 130 valence electrons. The largest absolute Gasteiger partial charge is 0.493 e. The summed E-state index contributed by atoms with van der Waals surface area (Å²) in [6, 6.07) is 6.69. The second-order valence-corrected chi connectivity index (χ2v) is 6.65. The maximum absolute atomic E-state index is 11.1. The Kier molecular flexibility index (Phi) is 6.66. The predicted molar refractivity (Wildman–Crippen MR) is 94.0 cm³/mol. The van der Waals surface area contributed by atoms with E-state index in [-0.39, 0.29) is 5.56 Å². The van der Waals surface area contributed by atoms with Crippen LogP contribution in [0.4, 0.5) is 0 Å². The lowest BCUT2D eigenvalue weighted by molar-refractivity contribution is 0.0692. The van der Waals surface area contributed by atoms with E-state index in [2.05, 4.69) is 35.5 Å². The number of thioether (sulfide) groups is 1. The van der Waals surface area contributed by atoms with Crippen molar-refractivity contribution in [2.75, 3.05) is 12.4 Å². The van der Waals surface area contributed by atoms with E-state index in [4.69, 9.17) is 9.84 Å². The van der Waals surface area contributed by atoms with Crippen molar-refractivity contribution in [1.29, 1.82) is 0 Å². The molecule has 0 fully saturated rings. The minimum Gasteiger partial charge on any atom is -0.493 e. The Balaban J connectivity index is 1.83. The number of carboxylic acids is 1. The van der Waals surface area contributed by atoms with E-state index in [9.17, 15) is 4.79 Å². The molecule has 0 saturated carbocycles. The molecule has 1 N–H and O–H groups in total. The Morgan fingerprint density at radius 3 is 2.75 bits per heavy atom. The zero-order chi connectivity index (χ0) is 17.5. The second-order valence-electron chi connectivity index (χ2n) is 5.59. The minimum atomic E-state index is -0.975. The van der Waals surface area contributed by atoms with Crippen molar-refractivity contribution in [3.05, 3.63) is 35.7 Å². The molecule has 0 saturated heterocycles. The lowest BCUT2D eigenvalue weighted by Crippen LogP contribution is -2.06. The van der Waals surface area contributed by atoms with Crippen molar-refractivity contribution in [2.45, 2.75) is 44.8 Å². The van der Waals surface area contributed by atoms with Crippen LogP contribution in [-0.2, 0) is 6.54 Å². The zero-order valence-corrected chi connectivity index (χ0v) is 15.0. The molecule has 0 aliphatic heterocycles. The van der Waals surface area contributed by atoms with E-state index < -0.39 is 5.97 Å². The van der Waals surface area contributed by atoms with Gasteiger partial charge in [-0.1, -0.05) is 37.7 Å². The smallest absolute Gasteiger partial charge is 0.339 e. The summed E-state index contributed by atoms with van der Waals surface area (Å²) in [5.74, 6) is 1.63. The van der Waals surface area contributed by atoms with E-state index in [0.29, 0.717) is 18.3 Å². The van der Waals surface area contributed by atoms with E-state index in [0.717, 1.165) is 29.7 Å². The standard InChI is InChI=1S/C17H23N3O3S/c1-4-20-15(12(2)3)18-19-17(20)24-11-7-10-23-14-9-6-5-8-13(14)16(21)22/h5-6,8-9,12H,4,7,10-11H2,1-3H3,(H,21,22). The van der Waals surface area contributed by atoms with Crippen molar-refractivity contribution in [3.63, 3.8) is 0 Å². The number of hydrogen-bond acceptors (Lipinski definition) is 5. The topological polar surface area (TPSA) is 77.2 Å². The number of ether oxygens (including phenoxy) is 1. The molecule has 6 nitrogen and oxygen atoms in total. The van der Waals surface area contributed by atoms with Crippen molar-refractivity contribution in [1.82, 2.24) is 14.8 Å². The Morgan fingerprint density at radius 1 is 1.33 bits per heavy atom. The van der Waals surface area contributed by atoms with Crippen LogP contribution in [0.1, 0.15) is 49.3 Å². The quantitative estimate of drug-likeness (QED) is 0.550. The van der Waals surface area contributed by atoms with Crippen molar-refractivity contribution in [3.8, 4) is 5.75 Å². The van der Waals surface area contributed by atoms with Crippen LogP contribution in [0.25, 0.3) is 0 Å². The molecule has 24 heavy (non-hydrogen) atoms. The molecule has 1 heterocycles. The molecular weight excluding hydrogens is 326 g/mol. The maximum atomic E-state index is 11.1. The normalized spacial score (nSPS) is 11.0. The van der Waals surface area contributed by atoms with Gasteiger partial charge in [-0.15, -0.1) is 10.2 Å². The van der Waals surface area contributed by atoms with Crippen LogP contribution in [-0.4, -0.2) is 38.2 Å². The molecule has 2 aromatic rings. The van der Waals surface area contributed by atoms with Crippen LogP contribution < -0.4 is 4.74 Å². The summed E-state index contributed by atoms with van der Waals surface area (Å²) in [5.41, 5.74) is 0.192. The third-order valence-electron chi connectivity index (χ3n) is 3.47. The monoisotopic (exact) mass is 349 g/mol. The fourth-order valence-corrected chi connectivity index (χ4v) is 3.23. The molecule has 0 bridgehead atoms. The molecule has 1 aromatic heterocycles. The summed E-state index contributed by atoms with van der Waals surface area (Å²) in [6.45, 7) is 7.63. The number of para-hydroxylation sites is 1. The van der Waals surface area contributed by atoms with Gasteiger partial charge in [0.1, 0.15) is 17.1 Å². The van der Waals surface area contributed by atoms with Gasteiger partial charge in [-0.05, 0) is 25.5 Å². The molecule has 1 aromatic carbocycles. The number of aromatic nitrogens is 3. The number of carboxylic acid groups (broad SMARTS) is 1. The first-order chi connectivity index (χ1) is 11.5. The van der Waals surface area contributed by atoms with E-state index >= 15 is 0 Å². The van der Waals surface area contributed by atoms with Crippen LogP contribution in [0.3, 0.4) is 0 Å². The van der Waals surface area contributed by atoms with Crippen molar-refractivity contribution in [2.24, 2.45) is 0 Å². The van der Waals surface area contributed by atoms with Gasteiger partial charge in [-0.2, -0.15) is 0 Å². The van der Waals surface area contributed by atoms with Crippen LogP contribution in [0.5, 0.6) is 5.75 Å². The van der Waals surface area contributed by atoms with Gasteiger partial charge in [0.05, 0.1) is 6.61 Å². The van der Waals surface area contributed by atoms with Crippen LogP contribution in [0.15, 0.2) is 29.4 Å². The van der Waals surface area contributed by atoms with Crippen LogP contribution in [0, 0.1) is 0 Å². The molecule has 0 unspecified atom stereocenters. The molecule has 0 atom stereocenters. The van der Waals surface area contributed by atoms with Crippen molar-refractivity contribution >= 4 is 17.7 Å². The maximum Gasteiger partial charge on any atom is 0.339 e. The Hall–Kier alpha value is -2.02. The number of benzene rings is 1. The second kappa shape index (κ2) is 8.73. The Morgan fingerprint density at radius 2 is 2.08 bits per heavy atom. The first-order valence-electron chi connectivity index (χ1n) is 8.05. The summed E-state index contributed by atoms with van der Waals surface area (Å²) < 4.78 is 7.73. The van der Waals surface area contributed by atoms with Gasteiger partial charge in [0.15, 0.2) is 5.16 Å². The molecule has 0 aliphatic carbocycles. The van der Waals surface area contributed by atoms with Gasteiger partial charge >= 0.3 is 5.97 Å². The molecule has 0 amide bonds. The summed E-state index contributed by atoms with van der Waals surface area (Å²) in [4.78, 5) is 11.1. The average Bonchev–Trinajstić information content (AvgIpc) is 2.98. The van der Waals surface area contributed by atoms with Gasteiger partial charge < -0.3 is 14.4 Å². The highest BCUT2D eigenvalue weighted by Crippen LogP contribution is 2.22. The van der Waals surface area contributed by atoms with Crippen LogP contribution in [0.2, 0.25) is 0 Å². The van der Waals surface area contributed by atoms with E-state index in [1.165, 1.54) is 0 Å². The van der Waals surface area contributed by atoms with Gasteiger partial charge in [0.25, 0.3) is 0 Å². The molecule has 0 radical (unpaired) electrons. The number of aromatic carboxylic acids is 1. The lowest BCUT2D eigenvalue weighted by Gasteiger charge is -2.10. The first-order valence-corrected chi connectivity index (χ1v) is 9.04. The average molecular weight is 349 g/mol. The van der Waals surface area contributed by atoms with Gasteiger partial charge in [-0.3, -0.25) is 0 Å². The first kappa shape index (κ1) is 18.3. The van der Waals surface area contributed by atoms with Crippen molar-refractivity contribution < 1.29 is 14.6 Å². The molecule has 0 spiro atoms. The van der Waals surface area contributed by atoms with Gasteiger partial charge in [0.2, 0.25) is 0 Å². The lowest BCUT2D eigenvalue weighted by atomic mass is 10.2. The summed E-state index contributed by atoms with van der Waals surface area (Å²) in [6.07, 6.45) is 0.798. The number of carbonyl (C=O) groups is 1. The molecule has 2 rings (SSSR count). The third-order valence-corrected chi connectivity index (χ3v) is 4.53. The number of hydrogen-bond donors (Lipinski definition) is 1. The molecule has 7 heteroatoms. The summed E-state index contributed by atoms with van der Waals surface area (Å²) in [5, 5.41) is 18.6.